The van der Waals surface area contributed by atoms with Gasteiger partial charge in [-0.3, -0.25) is 0 Å². The Labute approximate surface area is 73.4 Å². The van der Waals surface area contributed by atoms with Gasteiger partial charge in [-0.1, -0.05) is 0 Å². The zero-order valence-corrected chi connectivity index (χ0v) is 7.57. The van der Waals surface area contributed by atoms with E-state index in [1.165, 1.54) is 0 Å². The fourth-order valence-electron chi connectivity index (χ4n) is 0.937. The monoisotopic (exact) mass is 176 g/mol. The lowest BCUT2D eigenvalue weighted by molar-refractivity contribution is 0.168. The molecule has 0 saturated carbocycles. The lowest BCUT2D eigenvalue weighted by Gasteiger charge is -2.21. The first kappa shape index (κ1) is 11.8. The number of methoxy groups -OCH3 is 1. The van der Waals surface area contributed by atoms with Gasteiger partial charge in [0.25, 0.3) is 0 Å². The second kappa shape index (κ2) is 6.33. The molecule has 3 unspecified atom stereocenters. The number of nitrogens with two attached hydrogens (primary N) is 4. The van der Waals surface area contributed by atoms with Gasteiger partial charge in [0, 0.05) is 31.8 Å². The van der Waals surface area contributed by atoms with Crippen molar-refractivity contribution in [2.75, 3.05) is 20.3 Å². The highest BCUT2D eigenvalue weighted by molar-refractivity contribution is 4.80. The first-order valence-electron chi connectivity index (χ1n) is 4.07. The summed E-state index contributed by atoms with van der Waals surface area (Å²) in [7, 11) is 1.59. The summed E-state index contributed by atoms with van der Waals surface area (Å²) >= 11 is 0. The maximum Gasteiger partial charge on any atom is 0.0628 e. The Morgan fingerprint density at radius 3 is 2.17 bits per heavy atom. The van der Waals surface area contributed by atoms with Gasteiger partial charge >= 0.3 is 0 Å². The minimum absolute atomic E-state index is 0.0668. The summed E-state index contributed by atoms with van der Waals surface area (Å²) in [5.41, 5.74) is 22.4. The Morgan fingerprint density at radius 2 is 1.75 bits per heavy atom. The van der Waals surface area contributed by atoms with Crippen molar-refractivity contribution in [3.63, 3.8) is 0 Å². The van der Waals surface area contributed by atoms with E-state index in [9.17, 15) is 0 Å². The third kappa shape index (κ3) is 4.63. The van der Waals surface area contributed by atoms with E-state index in [1.807, 2.05) is 0 Å². The Balaban J connectivity index is 3.62. The van der Waals surface area contributed by atoms with Crippen LogP contribution in [0.4, 0.5) is 0 Å². The molecule has 0 aliphatic carbocycles. The molecule has 0 bridgehead atoms. The van der Waals surface area contributed by atoms with E-state index < -0.39 is 0 Å². The van der Waals surface area contributed by atoms with Crippen molar-refractivity contribution in [2.45, 2.75) is 24.5 Å². The Hall–Kier alpha value is -0.200. The molecule has 0 spiro atoms. The molecule has 5 nitrogen and oxygen atoms in total. The maximum absolute atomic E-state index is 5.74. The summed E-state index contributed by atoms with van der Waals surface area (Å²) in [6, 6.07) is -0.362. The molecular formula is C7H20N4O. The van der Waals surface area contributed by atoms with E-state index in [4.69, 9.17) is 27.7 Å². The van der Waals surface area contributed by atoms with Crippen LogP contribution in [-0.2, 0) is 4.74 Å². The molecule has 8 N–H and O–H groups in total. The number of hydrogen-bond acceptors (Lipinski definition) is 5. The van der Waals surface area contributed by atoms with E-state index in [2.05, 4.69) is 0 Å². The molecular weight excluding hydrogens is 156 g/mol. The van der Waals surface area contributed by atoms with Crippen LogP contribution in [0, 0.1) is 0 Å². The smallest absolute Gasteiger partial charge is 0.0628 e. The van der Waals surface area contributed by atoms with Crippen molar-refractivity contribution < 1.29 is 4.74 Å². The second-order valence-electron chi connectivity index (χ2n) is 3.01. The van der Waals surface area contributed by atoms with Crippen LogP contribution in [0.25, 0.3) is 0 Å². The van der Waals surface area contributed by atoms with E-state index >= 15 is 0 Å². The molecule has 0 saturated heterocycles. The van der Waals surface area contributed by atoms with Gasteiger partial charge in [-0.05, 0) is 6.42 Å². The average Bonchev–Trinajstić information content (AvgIpc) is 2.04. The predicted molar refractivity (Wildman–Crippen MR) is 49.5 cm³/mol. The van der Waals surface area contributed by atoms with Crippen LogP contribution >= 0.6 is 0 Å². The first-order chi connectivity index (χ1) is 5.61. The van der Waals surface area contributed by atoms with Gasteiger partial charge in [0.05, 0.1) is 6.61 Å². The van der Waals surface area contributed by atoms with E-state index in [-0.39, 0.29) is 18.1 Å². The zero-order chi connectivity index (χ0) is 9.56. The standard InChI is InChI=1S/C7H20N4O/c1-12-4-7(11)6(10)2-5(9)3-8/h5-7H,2-4,8-11H2,1H3. The van der Waals surface area contributed by atoms with E-state index in [0.717, 1.165) is 0 Å². The van der Waals surface area contributed by atoms with Crippen LogP contribution in [0.15, 0.2) is 0 Å². The van der Waals surface area contributed by atoms with Gasteiger partial charge in [-0.15, -0.1) is 0 Å². The van der Waals surface area contributed by atoms with Crippen LogP contribution < -0.4 is 22.9 Å². The van der Waals surface area contributed by atoms with Crippen molar-refractivity contribution in [1.29, 1.82) is 0 Å². The van der Waals surface area contributed by atoms with Crippen molar-refractivity contribution >= 4 is 0 Å². The molecule has 0 amide bonds. The largest absolute Gasteiger partial charge is 0.383 e. The van der Waals surface area contributed by atoms with Gasteiger partial charge in [-0.25, -0.2) is 0 Å². The lowest BCUT2D eigenvalue weighted by Crippen LogP contribution is -2.48. The molecule has 0 aliphatic rings. The molecule has 0 fully saturated rings. The summed E-state index contributed by atoms with van der Waals surface area (Å²) < 4.78 is 4.86. The zero-order valence-electron chi connectivity index (χ0n) is 7.57. The van der Waals surface area contributed by atoms with Crippen molar-refractivity contribution in [1.82, 2.24) is 0 Å². The lowest BCUT2D eigenvalue weighted by atomic mass is 10.0. The topological polar surface area (TPSA) is 113 Å². The fraction of sp³-hybridized carbons (Fsp3) is 1.00. The molecule has 12 heavy (non-hydrogen) atoms. The van der Waals surface area contributed by atoms with E-state index in [0.29, 0.717) is 19.6 Å². The van der Waals surface area contributed by atoms with Gasteiger partial charge in [-0.2, -0.15) is 0 Å². The number of ether oxygens (including phenoxy) is 1. The molecule has 0 aromatic carbocycles. The van der Waals surface area contributed by atoms with Crippen LogP contribution in [-0.4, -0.2) is 38.4 Å². The quantitative estimate of drug-likeness (QED) is 0.372. The molecule has 0 aromatic heterocycles. The normalized spacial score (nSPS) is 18.8. The fourth-order valence-corrected chi connectivity index (χ4v) is 0.937. The molecule has 0 heterocycles. The van der Waals surface area contributed by atoms with Crippen LogP contribution in [0.2, 0.25) is 0 Å². The maximum atomic E-state index is 5.74. The Morgan fingerprint density at radius 1 is 1.17 bits per heavy atom. The number of hydrogen-bond donors (Lipinski definition) is 4. The van der Waals surface area contributed by atoms with Gasteiger partial charge in [0.1, 0.15) is 0 Å². The average molecular weight is 176 g/mol. The van der Waals surface area contributed by atoms with Crippen LogP contribution in [0.3, 0.4) is 0 Å². The first-order valence-corrected chi connectivity index (χ1v) is 4.07. The van der Waals surface area contributed by atoms with Crippen LogP contribution in [0.1, 0.15) is 6.42 Å². The summed E-state index contributed by atoms with van der Waals surface area (Å²) in [6.45, 7) is 0.895. The molecule has 0 radical (unpaired) electrons. The van der Waals surface area contributed by atoms with Gasteiger partial charge in [0.2, 0.25) is 0 Å². The highest BCUT2D eigenvalue weighted by atomic mass is 16.5. The summed E-state index contributed by atoms with van der Waals surface area (Å²) in [4.78, 5) is 0. The van der Waals surface area contributed by atoms with Crippen LogP contribution in [0.5, 0.6) is 0 Å². The summed E-state index contributed by atoms with van der Waals surface area (Å²) in [6.07, 6.45) is 0.640. The molecule has 74 valence electrons. The second-order valence-corrected chi connectivity index (χ2v) is 3.01. The number of rotatable bonds is 6. The molecule has 0 aromatic rings. The van der Waals surface area contributed by atoms with Crippen molar-refractivity contribution in [3.05, 3.63) is 0 Å². The molecule has 0 aliphatic heterocycles. The minimum atomic E-state index is -0.160. The highest BCUT2D eigenvalue weighted by Gasteiger charge is 2.15. The highest BCUT2D eigenvalue weighted by Crippen LogP contribution is 1.96. The van der Waals surface area contributed by atoms with Gasteiger partial charge in [0.15, 0.2) is 0 Å². The summed E-state index contributed by atoms with van der Waals surface area (Å²) in [5.74, 6) is 0. The SMILES string of the molecule is COCC(N)C(N)CC(N)CN. The van der Waals surface area contributed by atoms with Gasteiger partial charge < -0.3 is 27.7 Å². The molecule has 5 heteroatoms. The van der Waals surface area contributed by atoms with Crippen molar-refractivity contribution in [3.8, 4) is 0 Å². The Bertz CT molecular complexity index is 112. The van der Waals surface area contributed by atoms with Crippen molar-refractivity contribution in [2.24, 2.45) is 22.9 Å². The Kier molecular flexibility index (Phi) is 6.23. The minimum Gasteiger partial charge on any atom is -0.383 e. The van der Waals surface area contributed by atoms with E-state index in [1.54, 1.807) is 7.11 Å². The third-order valence-corrected chi connectivity index (χ3v) is 1.79. The molecule has 0 rings (SSSR count). The third-order valence-electron chi connectivity index (χ3n) is 1.79. The predicted octanol–water partition coefficient (Wildman–Crippen LogP) is -2.04. The summed E-state index contributed by atoms with van der Waals surface area (Å²) in [5, 5.41) is 0. The molecule has 3 atom stereocenters.